The van der Waals surface area contributed by atoms with E-state index < -0.39 is 11.9 Å². The molecule has 0 amide bonds. The van der Waals surface area contributed by atoms with Crippen molar-refractivity contribution in [3.63, 3.8) is 0 Å². The van der Waals surface area contributed by atoms with E-state index in [1.807, 2.05) is 41.5 Å². The van der Waals surface area contributed by atoms with Crippen molar-refractivity contribution in [3.05, 3.63) is 47.3 Å². The molecule has 0 radical (unpaired) electrons. The van der Waals surface area contributed by atoms with Crippen LogP contribution in [0.25, 0.3) is 0 Å². The number of methoxy groups -OCH3 is 1. The maximum absolute atomic E-state index is 10.7. The van der Waals surface area contributed by atoms with Crippen LogP contribution >= 0.6 is 11.6 Å². The molecule has 2 aromatic heterocycles. The summed E-state index contributed by atoms with van der Waals surface area (Å²) < 4.78 is 14.4. The van der Waals surface area contributed by atoms with Gasteiger partial charge in [0.25, 0.3) is 0 Å². The molecular weight excluding hydrogens is 395 g/mol. The van der Waals surface area contributed by atoms with Gasteiger partial charge in [0.05, 0.1) is 13.4 Å². The molecule has 2 rings (SSSR count). The first-order valence-corrected chi connectivity index (χ1v) is 9.07. The van der Waals surface area contributed by atoms with Gasteiger partial charge in [0.15, 0.2) is 0 Å². The van der Waals surface area contributed by atoms with Crippen molar-refractivity contribution in [2.24, 2.45) is 0 Å². The Morgan fingerprint density at radius 3 is 1.86 bits per heavy atom. The number of hydrogen-bond acceptors (Lipinski definition) is 6. The van der Waals surface area contributed by atoms with Crippen molar-refractivity contribution in [1.82, 2.24) is 0 Å². The molecule has 2 aromatic rings. The number of carboxylic acid groups (broad SMARTS) is 1. The molecule has 0 aliphatic heterocycles. The van der Waals surface area contributed by atoms with Crippen LogP contribution < -0.4 is 18.9 Å². The predicted octanol–water partition coefficient (Wildman–Crippen LogP) is 2.75. The predicted molar refractivity (Wildman–Crippen MR) is 107 cm³/mol. The minimum atomic E-state index is -1.00. The Hall–Kier alpha value is -1.65. The summed E-state index contributed by atoms with van der Waals surface area (Å²) in [7, 11) is 1.31. The second-order valence-corrected chi connectivity index (χ2v) is 7.40. The summed E-state index contributed by atoms with van der Waals surface area (Å²) in [6.07, 6.45) is 1.42. The molecule has 0 spiro atoms. The van der Waals surface area contributed by atoms with E-state index in [0.29, 0.717) is 11.3 Å². The van der Waals surface area contributed by atoms with E-state index >= 15 is 0 Å². The molecule has 0 aromatic carbocycles. The van der Waals surface area contributed by atoms with Gasteiger partial charge in [0.1, 0.15) is 5.76 Å². The monoisotopic (exact) mass is 424 g/mol. The summed E-state index contributed by atoms with van der Waals surface area (Å²) in [6, 6.07) is 4.81. The molecular formula is C20H30ClLiO7. The van der Waals surface area contributed by atoms with Gasteiger partial charge < -0.3 is 24.2 Å². The van der Waals surface area contributed by atoms with E-state index in [4.69, 9.17) is 25.5 Å². The number of aromatic carboxylic acids is 1. The van der Waals surface area contributed by atoms with Gasteiger partial charge in [-0.05, 0) is 43.5 Å². The number of carboxylic acids is 1. The molecule has 0 aliphatic carbocycles. The Labute approximate surface area is 189 Å². The number of hydrogen-bond donors (Lipinski definition) is 1. The second-order valence-electron chi connectivity index (χ2n) is 6.53. The molecule has 0 bridgehead atoms. The number of ether oxygens (including phenoxy) is 1. The van der Waals surface area contributed by atoms with E-state index in [9.17, 15) is 9.59 Å². The van der Waals surface area contributed by atoms with E-state index in [2.05, 4.69) is 4.74 Å². The number of halogens is 1. The molecule has 9 heteroatoms. The summed E-state index contributed by atoms with van der Waals surface area (Å²) in [4.78, 5) is 21.3. The average Bonchev–Trinajstić information content (AvgIpc) is 3.23. The fraction of sp³-hybridized carbons (Fsp3) is 0.500. The van der Waals surface area contributed by atoms with Crippen molar-refractivity contribution < 1.29 is 52.6 Å². The maximum Gasteiger partial charge on any atom is 1.00 e. The Balaban J connectivity index is -0.000000391. The van der Waals surface area contributed by atoms with Crippen LogP contribution in [0.5, 0.6) is 0 Å². The quantitative estimate of drug-likeness (QED) is 0.455. The van der Waals surface area contributed by atoms with Gasteiger partial charge in [-0.1, -0.05) is 27.7 Å². The van der Waals surface area contributed by atoms with Crippen molar-refractivity contribution in [3.8, 4) is 0 Å². The molecule has 0 fully saturated rings. The molecule has 29 heavy (non-hydrogen) atoms. The molecule has 0 atom stereocenters. The molecule has 7 nitrogen and oxygen atoms in total. The number of carbonyl (C=O) groups excluding carboxylic acids is 1. The SMILES string of the molecule is CC(C)Cl.CC(C)c1cc(C(=O)O)oc1C(C)C.COC(=O)c1ccco1.[Li+].[OH-]. The van der Waals surface area contributed by atoms with Crippen LogP contribution in [0.15, 0.2) is 33.3 Å². The Bertz CT molecular complexity index is 664. The van der Waals surface area contributed by atoms with Crippen molar-refractivity contribution in [2.45, 2.75) is 58.8 Å². The first-order chi connectivity index (χ1) is 12.5. The van der Waals surface area contributed by atoms with Crippen LogP contribution in [0, 0.1) is 0 Å². The standard InChI is InChI=1S/C11H16O3.C6H6O3.C3H7Cl.Li.H2O/c1-6(2)8-5-9(11(12)13)14-10(8)7(3)4;1-8-6(7)5-3-2-4-9-5;1-3(2)4;;/h5-7H,1-4H3,(H,12,13);2-4H,1H3;3H,1-2H3;;1H2/q;;;+1;/p-1. The Kier molecular flexibility index (Phi) is 17.9. The number of esters is 1. The zero-order valence-electron chi connectivity index (χ0n) is 18.4. The third-order valence-corrected chi connectivity index (χ3v) is 3.06. The first kappa shape index (κ1) is 32.0. The van der Waals surface area contributed by atoms with E-state index in [1.54, 1.807) is 18.2 Å². The zero-order valence-corrected chi connectivity index (χ0v) is 19.1. The minimum Gasteiger partial charge on any atom is -0.870 e. The number of furan rings is 2. The third-order valence-electron chi connectivity index (χ3n) is 3.06. The maximum atomic E-state index is 10.7. The summed E-state index contributed by atoms with van der Waals surface area (Å²) in [6.45, 7) is 11.9. The first-order valence-electron chi connectivity index (χ1n) is 8.63. The fourth-order valence-electron chi connectivity index (χ4n) is 1.92. The molecule has 0 unspecified atom stereocenters. The number of carbonyl (C=O) groups is 2. The van der Waals surface area contributed by atoms with Gasteiger partial charge in [-0.15, -0.1) is 11.6 Å². The van der Waals surface area contributed by atoms with Crippen LogP contribution in [0.4, 0.5) is 0 Å². The van der Waals surface area contributed by atoms with Crippen LogP contribution in [-0.2, 0) is 4.74 Å². The van der Waals surface area contributed by atoms with Crippen molar-refractivity contribution in [1.29, 1.82) is 0 Å². The van der Waals surface area contributed by atoms with Crippen LogP contribution in [-0.4, -0.2) is 35.0 Å². The van der Waals surface area contributed by atoms with E-state index in [1.165, 1.54) is 13.4 Å². The van der Waals surface area contributed by atoms with Crippen molar-refractivity contribution in [2.75, 3.05) is 7.11 Å². The number of rotatable bonds is 4. The summed E-state index contributed by atoms with van der Waals surface area (Å²) in [5, 5.41) is 9.10. The fourth-order valence-corrected chi connectivity index (χ4v) is 1.92. The molecule has 160 valence electrons. The third kappa shape index (κ3) is 12.5. The second kappa shape index (κ2) is 16.2. The smallest absolute Gasteiger partial charge is 0.870 e. The summed E-state index contributed by atoms with van der Waals surface area (Å²) in [5.41, 5.74) is 0.998. The molecule has 2 heterocycles. The van der Waals surface area contributed by atoms with E-state index in [0.717, 1.165) is 11.3 Å². The van der Waals surface area contributed by atoms with Gasteiger partial charge in [0.2, 0.25) is 11.5 Å². The van der Waals surface area contributed by atoms with Gasteiger partial charge in [0, 0.05) is 11.3 Å². The molecule has 2 N–H and O–H groups in total. The zero-order chi connectivity index (χ0) is 21.1. The molecule has 0 saturated carbocycles. The summed E-state index contributed by atoms with van der Waals surface area (Å²) >= 11 is 5.27. The Morgan fingerprint density at radius 1 is 1.07 bits per heavy atom. The van der Waals surface area contributed by atoms with Crippen molar-refractivity contribution >= 4 is 23.5 Å². The molecule has 0 aliphatic rings. The Morgan fingerprint density at radius 2 is 1.59 bits per heavy atom. The number of alkyl halides is 1. The minimum absolute atomic E-state index is 0. The van der Waals surface area contributed by atoms with Gasteiger partial charge in [-0.2, -0.15) is 0 Å². The van der Waals surface area contributed by atoms with Gasteiger partial charge in [-0.25, -0.2) is 9.59 Å². The van der Waals surface area contributed by atoms with E-state index in [-0.39, 0.29) is 41.8 Å². The average molecular weight is 425 g/mol. The summed E-state index contributed by atoms with van der Waals surface area (Å²) in [5.74, 6) is 0.135. The normalized spacial score (nSPS) is 9.48. The van der Waals surface area contributed by atoms with Crippen LogP contribution in [0.2, 0.25) is 0 Å². The topological polar surface area (TPSA) is 120 Å². The largest absolute Gasteiger partial charge is 1.00 e. The van der Waals surface area contributed by atoms with Crippen LogP contribution in [0.1, 0.15) is 85.8 Å². The molecule has 0 saturated heterocycles. The van der Waals surface area contributed by atoms with Gasteiger partial charge in [-0.3, -0.25) is 0 Å². The van der Waals surface area contributed by atoms with Crippen LogP contribution in [0.3, 0.4) is 0 Å². The van der Waals surface area contributed by atoms with Gasteiger partial charge >= 0.3 is 30.8 Å².